The van der Waals surface area contributed by atoms with Crippen LogP contribution in [0.4, 0.5) is 11.4 Å². The van der Waals surface area contributed by atoms with Gasteiger partial charge < -0.3 is 15.4 Å². The molecule has 1 aliphatic rings. The van der Waals surface area contributed by atoms with E-state index >= 15 is 0 Å². The number of anilines is 2. The second kappa shape index (κ2) is 5.96. The average molecular weight is 308 g/mol. The van der Waals surface area contributed by atoms with Crippen molar-refractivity contribution in [2.24, 2.45) is 0 Å². The lowest BCUT2D eigenvalue weighted by Gasteiger charge is -2.08. The quantitative estimate of drug-likeness (QED) is 0.854. The molecule has 0 radical (unpaired) electrons. The molecule has 2 aromatic carbocycles. The maximum Gasteiger partial charge on any atom is 0.337 e. The number of carbonyl (C=O) groups excluding carboxylic acids is 2. The third-order valence-corrected chi connectivity index (χ3v) is 3.65. The number of fused-ring (bicyclic) bond motifs is 1. The molecule has 1 aliphatic heterocycles. The summed E-state index contributed by atoms with van der Waals surface area (Å²) in [5.74, 6) is -0.658. The Morgan fingerprint density at radius 1 is 1.13 bits per heavy atom. The van der Waals surface area contributed by atoms with E-state index in [9.17, 15) is 9.59 Å². The molecular formula is C18H16N2O3. The Morgan fingerprint density at radius 2 is 1.83 bits per heavy atom. The highest BCUT2D eigenvalue weighted by molar-refractivity contribution is 6.05. The fraction of sp³-hybridized carbons (Fsp3) is 0.111. The third kappa shape index (κ3) is 3.08. The predicted octanol–water partition coefficient (Wildman–Crippen LogP) is 3.21. The van der Waals surface area contributed by atoms with Crippen LogP contribution in [-0.4, -0.2) is 19.0 Å². The predicted molar refractivity (Wildman–Crippen MR) is 88.6 cm³/mol. The largest absolute Gasteiger partial charge is 0.465 e. The van der Waals surface area contributed by atoms with Crippen LogP contribution in [0, 0.1) is 0 Å². The second-order valence-corrected chi connectivity index (χ2v) is 5.30. The molecule has 3 rings (SSSR count). The molecule has 0 spiro atoms. The topological polar surface area (TPSA) is 67.4 Å². The van der Waals surface area contributed by atoms with Gasteiger partial charge in [0.15, 0.2) is 0 Å². The number of carbonyl (C=O) groups is 2. The molecule has 0 saturated carbocycles. The van der Waals surface area contributed by atoms with E-state index in [-0.39, 0.29) is 5.91 Å². The fourth-order valence-electron chi connectivity index (χ4n) is 2.48. The zero-order chi connectivity index (χ0) is 16.4. The molecule has 1 heterocycles. The molecule has 0 bridgehead atoms. The van der Waals surface area contributed by atoms with Crippen molar-refractivity contribution in [3.05, 3.63) is 71.4 Å². The molecule has 2 aromatic rings. The Balaban J connectivity index is 1.73. The maximum atomic E-state index is 12.3. The summed E-state index contributed by atoms with van der Waals surface area (Å²) in [6.07, 6.45) is 0.757. The van der Waals surface area contributed by atoms with Crippen LogP contribution < -0.4 is 10.6 Å². The van der Waals surface area contributed by atoms with Crippen molar-refractivity contribution < 1.29 is 14.3 Å². The molecule has 0 aliphatic carbocycles. The summed E-state index contributed by atoms with van der Waals surface area (Å²) >= 11 is 0. The maximum absolute atomic E-state index is 12.3. The first-order valence-electron chi connectivity index (χ1n) is 7.14. The van der Waals surface area contributed by atoms with Crippen molar-refractivity contribution in [2.75, 3.05) is 17.7 Å². The number of allylic oxidation sites excluding steroid dienone is 1. The van der Waals surface area contributed by atoms with E-state index in [1.165, 1.54) is 7.11 Å². The Bertz CT molecular complexity index is 794. The molecule has 0 aromatic heterocycles. The van der Waals surface area contributed by atoms with E-state index in [4.69, 9.17) is 0 Å². The first-order chi connectivity index (χ1) is 11.1. The number of ether oxygens (including phenoxy) is 1. The number of rotatable bonds is 3. The summed E-state index contributed by atoms with van der Waals surface area (Å²) in [4.78, 5) is 23.7. The first-order valence-corrected chi connectivity index (χ1v) is 7.14. The molecule has 116 valence electrons. The van der Waals surface area contributed by atoms with Crippen LogP contribution in [0.5, 0.6) is 0 Å². The molecule has 23 heavy (non-hydrogen) atoms. The molecule has 5 heteroatoms. The molecule has 1 amide bonds. The zero-order valence-corrected chi connectivity index (χ0v) is 12.7. The molecule has 0 fully saturated rings. The van der Waals surface area contributed by atoms with E-state index in [1.807, 2.05) is 18.2 Å². The van der Waals surface area contributed by atoms with Crippen LogP contribution in [0.2, 0.25) is 0 Å². The second-order valence-electron chi connectivity index (χ2n) is 5.30. The van der Waals surface area contributed by atoms with Gasteiger partial charge in [0.05, 0.1) is 12.7 Å². The van der Waals surface area contributed by atoms with Crippen molar-refractivity contribution in [1.82, 2.24) is 0 Å². The lowest BCUT2D eigenvalue weighted by molar-refractivity contribution is 0.0600. The number of hydrogen-bond donors (Lipinski definition) is 2. The number of nitrogens with one attached hydrogen (secondary N) is 2. The molecule has 5 nitrogen and oxygen atoms in total. The van der Waals surface area contributed by atoms with Crippen LogP contribution in [0.15, 0.2) is 54.7 Å². The monoisotopic (exact) mass is 308 g/mol. The van der Waals surface area contributed by atoms with Gasteiger partial charge in [-0.15, -0.1) is 0 Å². The number of amides is 1. The fourth-order valence-corrected chi connectivity index (χ4v) is 2.48. The van der Waals surface area contributed by atoms with Gasteiger partial charge >= 0.3 is 5.97 Å². The van der Waals surface area contributed by atoms with E-state index in [1.54, 1.807) is 24.3 Å². The van der Waals surface area contributed by atoms with Crippen molar-refractivity contribution in [1.29, 1.82) is 0 Å². The van der Waals surface area contributed by atoms with Crippen molar-refractivity contribution >= 4 is 23.3 Å². The third-order valence-electron chi connectivity index (χ3n) is 3.65. The van der Waals surface area contributed by atoms with Crippen LogP contribution in [0.25, 0.3) is 0 Å². The van der Waals surface area contributed by atoms with Crippen LogP contribution in [0.1, 0.15) is 26.3 Å². The summed E-state index contributed by atoms with van der Waals surface area (Å²) in [5.41, 5.74) is 4.68. The normalized spacial score (nSPS) is 12.3. The summed E-state index contributed by atoms with van der Waals surface area (Å²) in [7, 11) is 1.32. The molecule has 0 saturated heterocycles. The summed E-state index contributed by atoms with van der Waals surface area (Å²) in [6.45, 7) is 3.90. The van der Waals surface area contributed by atoms with Gasteiger partial charge in [0.1, 0.15) is 0 Å². The standard InChI is InChI=1S/C18H16N2O3/c1-11-9-14-10-15(7-8-16(14)19-11)20-17(21)12-3-5-13(6-4-12)18(22)23-2/h3-8,10,19H,1,9H2,2H3,(H,20,21). The van der Waals surface area contributed by atoms with Crippen LogP contribution in [0.3, 0.4) is 0 Å². The number of hydrogen-bond acceptors (Lipinski definition) is 4. The SMILES string of the molecule is C=C1Cc2cc(NC(=O)c3ccc(C(=O)OC)cc3)ccc2N1. The van der Waals surface area contributed by atoms with E-state index < -0.39 is 5.97 Å². The van der Waals surface area contributed by atoms with Gasteiger partial charge in [0.2, 0.25) is 0 Å². The smallest absolute Gasteiger partial charge is 0.337 e. The van der Waals surface area contributed by atoms with Gasteiger partial charge in [-0.1, -0.05) is 6.58 Å². The van der Waals surface area contributed by atoms with Crippen molar-refractivity contribution in [3.63, 3.8) is 0 Å². The Kier molecular flexibility index (Phi) is 3.85. The van der Waals surface area contributed by atoms with Crippen molar-refractivity contribution in [3.8, 4) is 0 Å². The minimum atomic E-state index is -0.427. The van der Waals surface area contributed by atoms with Crippen molar-refractivity contribution in [2.45, 2.75) is 6.42 Å². The average Bonchev–Trinajstić information content (AvgIpc) is 2.93. The number of methoxy groups -OCH3 is 1. The minimum absolute atomic E-state index is 0.230. The number of benzene rings is 2. The first kappa shape index (κ1) is 14.8. The summed E-state index contributed by atoms with van der Waals surface area (Å²) in [5, 5.41) is 6.03. The van der Waals surface area contributed by atoms with E-state index in [0.29, 0.717) is 11.1 Å². The van der Waals surface area contributed by atoms with Gasteiger partial charge in [0, 0.05) is 29.1 Å². The Labute approximate surface area is 134 Å². The highest BCUT2D eigenvalue weighted by Gasteiger charge is 2.14. The molecular weight excluding hydrogens is 292 g/mol. The summed E-state index contributed by atoms with van der Waals surface area (Å²) in [6, 6.07) is 12.0. The number of esters is 1. The molecule has 0 unspecified atom stereocenters. The zero-order valence-electron chi connectivity index (χ0n) is 12.7. The van der Waals surface area contributed by atoms with E-state index in [0.717, 1.165) is 29.1 Å². The molecule has 2 N–H and O–H groups in total. The Morgan fingerprint density at radius 3 is 2.52 bits per heavy atom. The van der Waals surface area contributed by atoms with Gasteiger partial charge in [-0.3, -0.25) is 4.79 Å². The molecule has 0 atom stereocenters. The lowest BCUT2D eigenvalue weighted by Crippen LogP contribution is -2.12. The highest BCUT2D eigenvalue weighted by atomic mass is 16.5. The van der Waals surface area contributed by atoms with Gasteiger partial charge in [-0.25, -0.2) is 4.79 Å². The van der Waals surface area contributed by atoms with E-state index in [2.05, 4.69) is 21.9 Å². The minimum Gasteiger partial charge on any atom is -0.465 e. The Hall–Kier alpha value is -3.08. The highest BCUT2D eigenvalue weighted by Crippen LogP contribution is 2.29. The lowest BCUT2D eigenvalue weighted by atomic mass is 10.1. The van der Waals surface area contributed by atoms with Gasteiger partial charge in [0.25, 0.3) is 5.91 Å². The van der Waals surface area contributed by atoms with Crippen LogP contribution in [-0.2, 0) is 11.2 Å². The van der Waals surface area contributed by atoms with Crippen LogP contribution >= 0.6 is 0 Å². The van der Waals surface area contributed by atoms with Gasteiger partial charge in [-0.2, -0.15) is 0 Å². The van der Waals surface area contributed by atoms with Gasteiger partial charge in [-0.05, 0) is 48.0 Å². The summed E-state index contributed by atoms with van der Waals surface area (Å²) < 4.78 is 4.63.